The molecule has 1 rings (SSSR count). The average Bonchev–Trinajstić information content (AvgIpc) is 2.30. The maximum atomic E-state index is 12.9. The molecule has 5 nitrogen and oxygen atoms in total. The molecule has 0 aromatic rings. The molecule has 0 aromatic carbocycles. The Balaban J connectivity index is 2.67. The van der Waals surface area contributed by atoms with Crippen molar-refractivity contribution in [3.05, 3.63) is 0 Å². The van der Waals surface area contributed by atoms with E-state index in [2.05, 4.69) is 5.32 Å². The van der Waals surface area contributed by atoms with Crippen LogP contribution >= 0.6 is 0 Å². The van der Waals surface area contributed by atoms with Crippen LogP contribution in [0.4, 0.5) is 18.0 Å². The predicted molar refractivity (Wildman–Crippen MR) is 71.4 cm³/mol. The highest BCUT2D eigenvalue weighted by molar-refractivity contribution is 5.79. The molecular formula is C13H22F3N3O2. The summed E-state index contributed by atoms with van der Waals surface area (Å²) in [7, 11) is 0. The summed E-state index contributed by atoms with van der Waals surface area (Å²) in [5.41, 5.74) is 4.32. The molecule has 1 aliphatic carbocycles. The van der Waals surface area contributed by atoms with Crippen LogP contribution in [0.5, 0.6) is 0 Å². The molecule has 0 aromatic heterocycles. The van der Waals surface area contributed by atoms with Crippen molar-refractivity contribution in [2.45, 2.75) is 63.7 Å². The third-order valence-electron chi connectivity index (χ3n) is 4.05. The molecule has 21 heavy (non-hydrogen) atoms. The van der Waals surface area contributed by atoms with E-state index in [1.54, 1.807) is 6.92 Å². The second-order valence-corrected chi connectivity index (χ2v) is 5.78. The zero-order valence-electron chi connectivity index (χ0n) is 12.2. The van der Waals surface area contributed by atoms with Crippen LogP contribution in [-0.4, -0.2) is 29.7 Å². The SMILES string of the molecule is CCC(C)C(NC(=O)NC1(CC(N)=O)CCC1)C(F)(F)F. The fraction of sp³-hybridized carbons (Fsp3) is 0.846. The Labute approximate surface area is 121 Å². The van der Waals surface area contributed by atoms with Gasteiger partial charge in [-0.15, -0.1) is 0 Å². The van der Waals surface area contributed by atoms with Gasteiger partial charge in [0.1, 0.15) is 6.04 Å². The number of nitrogens with two attached hydrogens (primary N) is 1. The molecule has 8 heteroatoms. The summed E-state index contributed by atoms with van der Waals surface area (Å²) in [6, 6.07) is -2.81. The Bertz CT molecular complexity index is 395. The summed E-state index contributed by atoms with van der Waals surface area (Å²) in [4.78, 5) is 22.8. The Kier molecular flexibility index (Phi) is 5.47. The first-order chi connectivity index (χ1) is 9.59. The molecule has 122 valence electrons. The number of carbonyl (C=O) groups excluding carboxylic acids is 2. The Morgan fingerprint density at radius 3 is 2.24 bits per heavy atom. The van der Waals surface area contributed by atoms with Crippen LogP contribution in [0.1, 0.15) is 46.0 Å². The lowest BCUT2D eigenvalue weighted by Gasteiger charge is -2.42. The van der Waals surface area contributed by atoms with Crippen molar-refractivity contribution in [1.82, 2.24) is 10.6 Å². The lowest BCUT2D eigenvalue weighted by molar-refractivity contribution is -0.164. The number of carbonyl (C=O) groups is 2. The number of halogens is 3. The zero-order valence-corrected chi connectivity index (χ0v) is 12.2. The number of hydrogen-bond donors (Lipinski definition) is 3. The van der Waals surface area contributed by atoms with Gasteiger partial charge in [0.05, 0.1) is 5.54 Å². The number of amides is 3. The third kappa shape index (κ3) is 4.78. The standard InChI is InChI=1S/C13H22F3N3O2/c1-3-8(2)10(13(14,15)16)18-11(21)19-12(5-4-6-12)7-9(17)20/h8,10H,3-7H2,1-2H3,(H2,17,20)(H2,18,19,21). The molecular weight excluding hydrogens is 287 g/mol. The summed E-state index contributed by atoms with van der Waals surface area (Å²) in [5.74, 6) is -1.31. The number of hydrogen-bond acceptors (Lipinski definition) is 2. The predicted octanol–water partition coefficient (Wildman–Crippen LogP) is 2.06. The van der Waals surface area contributed by atoms with E-state index in [0.717, 1.165) is 6.42 Å². The van der Waals surface area contributed by atoms with E-state index in [1.165, 1.54) is 6.92 Å². The minimum Gasteiger partial charge on any atom is -0.370 e. The largest absolute Gasteiger partial charge is 0.408 e. The summed E-state index contributed by atoms with van der Waals surface area (Å²) in [6.07, 6.45) is -2.38. The number of urea groups is 1. The number of primary amides is 1. The van der Waals surface area contributed by atoms with Gasteiger partial charge < -0.3 is 16.4 Å². The Morgan fingerprint density at radius 2 is 1.90 bits per heavy atom. The van der Waals surface area contributed by atoms with Crippen LogP contribution in [0.3, 0.4) is 0 Å². The highest BCUT2D eigenvalue weighted by Crippen LogP contribution is 2.35. The smallest absolute Gasteiger partial charge is 0.370 e. The summed E-state index contributed by atoms with van der Waals surface area (Å²) in [6.45, 7) is 3.06. The van der Waals surface area contributed by atoms with E-state index in [0.29, 0.717) is 12.8 Å². The van der Waals surface area contributed by atoms with E-state index in [-0.39, 0.29) is 12.8 Å². The monoisotopic (exact) mass is 309 g/mol. The molecule has 3 amide bonds. The second kappa shape index (κ2) is 6.53. The maximum absolute atomic E-state index is 12.9. The van der Waals surface area contributed by atoms with E-state index >= 15 is 0 Å². The van der Waals surface area contributed by atoms with Crippen LogP contribution in [0.25, 0.3) is 0 Å². The van der Waals surface area contributed by atoms with Crippen molar-refractivity contribution in [2.75, 3.05) is 0 Å². The molecule has 1 aliphatic rings. The highest BCUT2D eigenvalue weighted by Gasteiger charge is 2.45. The van der Waals surface area contributed by atoms with Crippen LogP contribution in [0.2, 0.25) is 0 Å². The molecule has 0 saturated heterocycles. The summed E-state index contributed by atoms with van der Waals surface area (Å²) >= 11 is 0. The van der Waals surface area contributed by atoms with Gasteiger partial charge in [0.15, 0.2) is 0 Å². The average molecular weight is 309 g/mol. The molecule has 0 aliphatic heterocycles. The fourth-order valence-corrected chi connectivity index (χ4v) is 2.48. The quantitative estimate of drug-likeness (QED) is 0.701. The Morgan fingerprint density at radius 1 is 1.33 bits per heavy atom. The minimum atomic E-state index is -4.51. The number of rotatable bonds is 6. The normalized spacial score (nSPS) is 20.0. The summed E-state index contributed by atoms with van der Waals surface area (Å²) in [5, 5.41) is 4.47. The first-order valence-electron chi connectivity index (χ1n) is 7.03. The van der Waals surface area contributed by atoms with E-state index < -0.39 is 35.6 Å². The molecule has 0 radical (unpaired) electrons. The van der Waals surface area contributed by atoms with Crippen LogP contribution < -0.4 is 16.4 Å². The molecule has 0 heterocycles. The second-order valence-electron chi connectivity index (χ2n) is 5.78. The van der Waals surface area contributed by atoms with Gasteiger partial charge >= 0.3 is 12.2 Å². The van der Waals surface area contributed by atoms with E-state index in [4.69, 9.17) is 5.73 Å². The Hall–Kier alpha value is -1.47. The first kappa shape index (κ1) is 17.6. The molecule has 0 spiro atoms. The zero-order chi connectivity index (χ0) is 16.3. The number of nitrogens with one attached hydrogen (secondary N) is 2. The van der Waals surface area contributed by atoms with Crippen molar-refractivity contribution in [3.8, 4) is 0 Å². The number of alkyl halides is 3. The van der Waals surface area contributed by atoms with Gasteiger partial charge in [-0.3, -0.25) is 4.79 Å². The fourth-order valence-electron chi connectivity index (χ4n) is 2.48. The molecule has 2 unspecified atom stereocenters. The van der Waals surface area contributed by atoms with Crippen LogP contribution in [-0.2, 0) is 4.79 Å². The maximum Gasteiger partial charge on any atom is 0.408 e. The van der Waals surface area contributed by atoms with Crippen molar-refractivity contribution >= 4 is 11.9 Å². The third-order valence-corrected chi connectivity index (χ3v) is 4.05. The molecule has 2 atom stereocenters. The summed E-state index contributed by atoms with van der Waals surface area (Å²) < 4.78 is 38.8. The van der Waals surface area contributed by atoms with Crippen molar-refractivity contribution in [2.24, 2.45) is 11.7 Å². The molecule has 1 fully saturated rings. The minimum absolute atomic E-state index is 0.0551. The van der Waals surface area contributed by atoms with Crippen LogP contribution in [0.15, 0.2) is 0 Å². The topological polar surface area (TPSA) is 84.2 Å². The lowest BCUT2D eigenvalue weighted by atomic mass is 9.74. The molecule has 4 N–H and O–H groups in total. The van der Waals surface area contributed by atoms with Gasteiger partial charge in [0, 0.05) is 6.42 Å². The first-order valence-corrected chi connectivity index (χ1v) is 7.03. The van der Waals surface area contributed by atoms with E-state index in [1.807, 2.05) is 5.32 Å². The van der Waals surface area contributed by atoms with Gasteiger partial charge in [-0.05, 0) is 25.2 Å². The van der Waals surface area contributed by atoms with E-state index in [9.17, 15) is 22.8 Å². The van der Waals surface area contributed by atoms with Crippen LogP contribution in [0, 0.1) is 5.92 Å². The van der Waals surface area contributed by atoms with Crippen molar-refractivity contribution in [3.63, 3.8) is 0 Å². The van der Waals surface area contributed by atoms with Crippen molar-refractivity contribution in [1.29, 1.82) is 0 Å². The molecule has 0 bridgehead atoms. The molecule has 1 saturated carbocycles. The highest BCUT2D eigenvalue weighted by atomic mass is 19.4. The lowest BCUT2D eigenvalue weighted by Crippen LogP contribution is -2.61. The van der Waals surface area contributed by atoms with Gasteiger partial charge in [-0.1, -0.05) is 20.3 Å². The van der Waals surface area contributed by atoms with Crippen molar-refractivity contribution < 1.29 is 22.8 Å². The van der Waals surface area contributed by atoms with Gasteiger partial charge in [0.2, 0.25) is 5.91 Å². The van der Waals surface area contributed by atoms with Gasteiger partial charge in [-0.25, -0.2) is 4.79 Å². The van der Waals surface area contributed by atoms with Gasteiger partial charge in [0.25, 0.3) is 0 Å². The van der Waals surface area contributed by atoms with Gasteiger partial charge in [-0.2, -0.15) is 13.2 Å².